The van der Waals surface area contributed by atoms with E-state index in [1.165, 1.54) is 42.4 Å². The molecule has 2 fully saturated rings. The first-order chi connectivity index (χ1) is 10.1. The van der Waals surface area contributed by atoms with Gasteiger partial charge in [-0.3, -0.25) is 0 Å². The number of nitrogens with two attached hydrogens (primary N) is 1. The molecule has 3 rings (SSSR count). The molecule has 0 bridgehead atoms. The lowest BCUT2D eigenvalue weighted by atomic mass is 9.90. The molecule has 1 aliphatic carbocycles. The summed E-state index contributed by atoms with van der Waals surface area (Å²) in [6.07, 6.45) is 7.35. The molecule has 0 amide bonds. The predicted octanol–water partition coefficient (Wildman–Crippen LogP) is 3.63. The van der Waals surface area contributed by atoms with E-state index >= 15 is 0 Å². The van der Waals surface area contributed by atoms with Gasteiger partial charge in [-0.1, -0.05) is 25.0 Å². The number of ether oxygens (including phenoxy) is 2. The molecule has 1 saturated heterocycles. The fourth-order valence-corrected chi connectivity index (χ4v) is 3.96. The Morgan fingerprint density at radius 3 is 2.52 bits per heavy atom. The average Bonchev–Trinajstić information content (AvgIpc) is 2.90. The molecule has 1 atom stereocenters. The highest BCUT2D eigenvalue weighted by molar-refractivity contribution is 5.43. The third kappa shape index (κ3) is 3.09. The summed E-state index contributed by atoms with van der Waals surface area (Å²) in [6, 6.07) is 4.29. The molecule has 21 heavy (non-hydrogen) atoms. The van der Waals surface area contributed by atoms with Crippen molar-refractivity contribution in [2.45, 2.75) is 70.6 Å². The molecule has 3 nitrogen and oxygen atoms in total. The summed E-state index contributed by atoms with van der Waals surface area (Å²) in [5, 5.41) is 0. The van der Waals surface area contributed by atoms with Crippen molar-refractivity contribution >= 4 is 0 Å². The highest BCUT2D eigenvalue weighted by Gasteiger charge is 2.40. The molecule has 1 aliphatic heterocycles. The molecular weight excluding hydrogens is 262 g/mol. The van der Waals surface area contributed by atoms with Crippen LogP contribution < -0.4 is 10.5 Å². The Hall–Kier alpha value is -1.06. The van der Waals surface area contributed by atoms with E-state index in [-0.39, 0.29) is 11.7 Å². The lowest BCUT2D eigenvalue weighted by Gasteiger charge is -2.38. The summed E-state index contributed by atoms with van der Waals surface area (Å²) in [6.45, 7) is 5.66. The third-order valence-electron chi connectivity index (χ3n) is 5.00. The maximum absolute atomic E-state index is 6.38. The molecule has 1 aromatic rings. The number of aryl methyl sites for hydroxylation is 2. The zero-order valence-corrected chi connectivity index (χ0v) is 13.3. The molecule has 3 heteroatoms. The van der Waals surface area contributed by atoms with Gasteiger partial charge in [-0.2, -0.15) is 0 Å². The van der Waals surface area contributed by atoms with Crippen molar-refractivity contribution in [2.24, 2.45) is 5.73 Å². The predicted molar refractivity (Wildman–Crippen MR) is 84.6 cm³/mol. The van der Waals surface area contributed by atoms with Crippen molar-refractivity contribution in [3.05, 3.63) is 28.8 Å². The van der Waals surface area contributed by atoms with Crippen LogP contribution in [0.5, 0.6) is 5.75 Å². The fourth-order valence-electron chi connectivity index (χ4n) is 3.96. The first kappa shape index (κ1) is 14.9. The van der Waals surface area contributed by atoms with Crippen LogP contribution in [0, 0.1) is 13.8 Å². The topological polar surface area (TPSA) is 44.5 Å². The fraction of sp³-hybridized carbons (Fsp3) is 0.667. The molecule has 1 aromatic carbocycles. The first-order valence-electron chi connectivity index (χ1n) is 8.23. The molecule has 0 radical (unpaired) electrons. The molecule has 116 valence electrons. The van der Waals surface area contributed by atoms with E-state index in [9.17, 15) is 0 Å². The summed E-state index contributed by atoms with van der Waals surface area (Å²) < 4.78 is 12.5. The van der Waals surface area contributed by atoms with E-state index in [2.05, 4.69) is 26.0 Å². The van der Waals surface area contributed by atoms with Gasteiger partial charge in [-0.25, -0.2) is 0 Å². The number of hydrogen-bond donors (Lipinski definition) is 1. The van der Waals surface area contributed by atoms with Crippen LogP contribution in [0.2, 0.25) is 0 Å². The summed E-state index contributed by atoms with van der Waals surface area (Å²) >= 11 is 0. The van der Waals surface area contributed by atoms with Crippen LogP contribution in [-0.4, -0.2) is 18.3 Å². The number of rotatable bonds is 3. The maximum atomic E-state index is 6.38. The molecular formula is C18H27NO2. The quantitative estimate of drug-likeness (QED) is 0.924. The maximum Gasteiger partial charge on any atom is 0.125 e. The van der Waals surface area contributed by atoms with Crippen LogP contribution >= 0.6 is 0 Å². The van der Waals surface area contributed by atoms with Gasteiger partial charge >= 0.3 is 0 Å². The largest absolute Gasteiger partial charge is 0.490 e. The van der Waals surface area contributed by atoms with E-state index in [1.54, 1.807) is 0 Å². The van der Waals surface area contributed by atoms with E-state index in [0.717, 1.165) is 25.2 Å². The van der Waals surface area contributed by atoms with Crippen molar-refractivity contribution < 1.29 is 9.47 Å². The van der Waals surface area contributed by atoms with Crippen molar-refractivity contribution in [3.63, 3.8) is 0 Å². The Bertz CT molecular complexity index is 483. The molecule has 1 heterocycles. The van der Waals surface area contributed by atoms with Crippen LogP contribution in [0.15, 0.2) is 12.1 Å². The van der Waals surface area contributed by atoms with Crippen LogP contribution in [0.25, 0.3) is 0 Å². The van der Waals surface area contributed by atoms with Crippen molar-refractivity contribution in [1.29, 1.82) is 0 Å². The summed E-state index contributed by atoms with van der Waals surface area (Å²) in [5.74, 6) is 1.05. The molecule has 2 N–H and O–H groups in total. The van der Waals surface area contributed by atoms with Gasteiger partial charge in [0, 0.05) is 19.4 Å². The SMILES string of the molecule is Cc1cc(CN)cc(C)c1OC1CCOC2(CCCC2)C1. The highest BCUT2D eigenvalue weighted by Crippen LogP contribution is 2.41. The lowest BCUT2D eigenvalue weighted by molar-refractivity contribution is -0.108. The number of hydrogen-bond acceptors (Lipinski definition) is 3. The molecule has 0 aromatic heterocycles. The Morgan fingerprint density at radius 1 is 1.24 bits per heavy atom. The van der Waals surface area contributed by atoms with Crippen LogP contribution in [0.1, 0.15) is 55.2 Å². The van der Waals surface area contributed by atoms with E-state index in [4.69, 9.17) is 15.2 Å². The van der Waals surface area contributed by atoms with Gasteiger partial charge in [0.05, 0.1) is 12.2 Å². The minimum absolute atomic E-state index is 0.113. The Morgan fingerprint density at radius 2 is 1.90 bits per heavy atom. The third-order valence-corrected chi connectivity index (χ3v) is 5.00. The van der Waals surface area contributed by atoms with Gasteiger partial charge in [0.1, 0.15) is 11.9 Å². The Balaban J connectivity index is 1.74. The standard InChI is InChI=1S/C18H27NO2/c1-13-9-15(12-19)10-14(2)17(13)21-16-5-8-20-18(11-16)6-3-4-7-18/h9-10,16H,3-8,11-12,19H2,1-2H3. The van der Waals surface area contributed by atoms with Crippen molar-refractivity contribution in [1.82, 2.24) is 0 Å². The summed E-state index contributed by atoms with van der Waals surface area (Å²) in [5.41, 5.74) is 9.43. The Kier molecular flexibility index (Phi) is 4.23. The zero-order chi connectivity index (χ0) is 14.9. The normalized spacial score (nSPS) is 24.4. The van der Waals surface area contributed by atoms with Gasteiger partial charge in [0.25, 0.3) is 0 Å². The van der Waals surface area contributed by atoms with E-state index in [1.807, 2.05) is 0 Å². The van der Waals surface area contributed by atoms with Crippen LogP contribution in [0.4, 0.5) is 0 Å². The minimum atomic E-state index is 0.113. The van der Waals surface area contributed by atoms with Gasteiger partial charge in [0.2, 0.25) is 0 Å². The Labute approximate surface area is 127 Å². The highest BCUT2D eigenvalue weighted by atomic mass is 16.5. The van der Waals surface area contributed by atoms with Crippen molar-refractivity contribution in [3.8, 4) is 5.75 Å². The second-order valence-corrected chi connectivity index (χ2v) is 6.73. The van der Waals surface area contributed by atoms with Crippen molar-refractivity contribution in [2.75, 3.05) is 6.61 Å². The van der Waals surface area contributed by atoms with Crippen LogP contribution in [-0.2, 0) is 11.3 Å². The van der Waals surface area contributed by atoms with Gasteiger partial charge in [-0.05, 0) is 43.4 Å². The zero-order valence-electron chi connectivity index (χ0n) is 13.3. The second-order valence-electron chi connectivity index (χ2n) is 6.73. The van der Waals surface area contributed by atoms with E-state index < -0.39 is 0 Å². The lowest BCUT2D eigenvalue weighted by Crippen LogP contribution is -2.41. The molecule has 1 saturated carbocycles. The molecule has 1 spiro atoms. The monoisotopic (exact) mass is 289 g/mol. The second kappa shape index (κ2) is 5.98. The number of benzene rings is 1. The smallest absolute Gasteiger partial charge is 0.125 e. The summed E-state index contributed by atoms with van der Waals surface area (Å²) in [7, 11) is 0. The van der Waals surface area contributed by atoms with Crippen LogP contribution in [0.3, 0.4) is 0 Å². The van der Waals surface area contributed by atoms with Gasteiger partial charge < -0.3 is 15.2 Å². The average molecular weight is 289 g/mol. The first-order valence-corrected chi connectivity index (χ1v) is 8.23. The molecule has 1 unspecified atom stereocenters. The minimum Gasteiger partial charge on any atom is -0.490 e. The molecule has 2 aliphatic rings. The van der Waals surface area contributed by atoms with Gasteiger partial charge in [0.15, 0.2) is 0 Å². The summed E-state index contributed by atoms with van der Waals surface area (Å²) in [4.78, 5) is 0. The van der Waals surface area contributed by atoms with Gasteiger partial charge in [-0.15, -0.1) is 0 Å². The van der Waals surface area contributed by atoms with E-state index in [0.29, 0.717) is 6.54 Å².